The van der Waals surface area contributed by atoms with E-state index in [1.807, 2.05) is 12.1 Å². The van der Waals surface area contributed by atoms with Crippen molar-refractivity contribution in [1.29, 1.82) is 0 Å². The molecule has 20 heavy (non-hydrogen) atoms. The topological polar surface area (TPSA) is 55.2 Å². The number of benzene rings is 1. The van der Waals surface area contributed by atoms with Gasteiger partial charge in [-0.1, -0.05) is 44.4 Å². The van der Waals surface area contributed by atoms with Gasteiger partial charge < -0.3 is 5.32 Å². The van der Waals surface area contributed by atoms with Gasteiger partial charge in [-0.15, -0.1) is 0 Å². The highest BCUT2D eigenvalue weighted by molar-refractivity contribution is 5.39. The highest BCUT2D eigenvalue weighted by atomic mass is 16.6. The first kappa shape index (κ1) is 15.0. The number of hydrogen-bond donors (Lipinski definition) is 1. The molecule has 1 fully saturated rings. The molecule has 1 aromatic rings. The van der Waals surface area contributed by atoms with Gasteiger partial charge in [-0.25, -0.2) is 0 Å². The van der Waals surface area contributed by atoms with Gasteiger partial charge in [0.15, 0.2) is 0 Å². The van der Waals surface area contributed by atoms with Crippen LogP contribution in [0.4, 0.5) is 5.69 Å². The van der Waals surface area contributed by atoms with Crippen LogP contribution in [0.3, 0.4) is 0 Å². The molecule has 0 heterocycles. The Morgan fingerprint density at radius 3 is 2.80 bits per heavy atom. The standard InChI is InChI=1S/C16H24N2O2/c1-13-7-3-2-4-9-15(13)17-12-11-14-8-5-6-10-16(14)18(19)20/h5-6,8,10,13,15,17H,2-4,7,9,11-12H2,1H3. The van der Waals surface area contributed by atoms with Crippen LogP contribution in [0.15, 0.2) is 24.3 Å². The molecule has 1 aromatic carbocycles. The van der Waals surface area contributed by atoms with E-state index in [-0.39, 0.29) is 10.6 Å². The molecular weight excluding hydrogens is 252 g/mol. The summed E-state index contributed by atoms with van der Waals surface area (Å²) in [6.45, 7) is 3.13. The first-order valence-corrected chi connectivity index (χ1v) is 7.64. The summed E-state index contributed by atoms with van der Waals surface area (Å²) in [5.41, 5.74) is 1.06. The fourth-order valence-electron chi connectivity index (χ4n) is 3.09. The van der Waals surface area contributed by atoms with E-state index in [4.69, 9.17) is 0 Å². The minimum Gasteiger partial charge on any atom is -0.313 e. The summed E-state index contributed by atoms with van der Waals surface area (Å²) in [6, 6.07) is 7.61. The van der Waals surface area contributed by atoms with Crippen molar-refractivity contribution in [2.75, 3.05) is 6.54 Å². The fourth-order valence-corrected chi connectivity index (χ4v) is 3.09. The number of hydrogen-bond acceptors (Lipinski definition) is 3. The van der Waals surface area contributed by atoms with Gasteiger partial charge in [-0.2, -0.15) is 0 Å². The fraction of sp³-hybridized carbons (Fsp3) is 0.625. The average molecular weight is 276 g/mol. The summed E-state index contributed by atoms with van der Waals surface area (Å²) in [7, 11) is 0. The largest absolute Gasteiger partial charge is 0.313 e. The van der Waals surface area contributed by atoms with Gasteiger partial charge in [-0.3, -0.25) is 10.1 Å². The van der Waals surface area contributed by atoms with Gasteiger partial charge in [0.05, 0.1) is 4.92 Å². The minimum absolute atomic E-state index is 0.239. The average Bonchev–Trinajstić information content (AvgIpc) is 2.64. The van der Waals surface area contributed by atoms with Crippen molar-refractivity contribution in [2.45, 2.75) is 51.5 Å². The molecule has 1 saturated carbocycles. The summed E-state index contributed by atoms with van der Waals surface area (Å²) < 4.78 is 0. The predicted octanol–water partition coefficient (Wildman–Crippen LogP) is 3.70. The van der Waals surface area contributed by atoms with Crippen molar-refractivity contribution < 1.29 is 4.92 Å². The third kappa shape index (κ3) is 4.04. The maximum atomic E-state index is 11.0. The third-order valence-electron chi connectivity index (χ3n) is 4.35. The van der Waals surface area contributed by atoms with Crippen molar-refractivity contribution in [2.24, 2.45) is 5.92 Å². The lowest BCUT2D eigenvalue weighted by atomic mass is 9.97. The van der Waals surface area contributed by atoms with Gasteiger partial charge in [-0.05, 0) is 31.7 Å². The molecule has 1 N–H and O–H groups in total. The van der Waals surface area contributed by atoms with Gasteiger partial charge in [0.1, 0.15) is 0 Å². The van der Waals surface area contributed by atoms with Crippen LogP contribution in [0.1, 0.15) is 44.6 Å². The molecule has 4 nitrogen and oxygen atoms in total. The second-order valence-corrected chi connectivity index (χ2v) is 5.81. The van der Waals surface area contributed by atoms with Crippen LogP contribution in [-0.4, -0.2) is 17.5 Å². The Labute approximate surface area is 120 Å². The summed E-state index contributed by atoms with van der Waals surface area (Å²) in [5.74, 6) is 0.711. The first-order chi connectivity index (χ1) is 9.68. The van der Waals surface area contributed by atoms with Crippen molar-refractivity contribution in [3.8, 4) is 0 Å². The summed E-state index contributed by atoms with van der Waals surface area (Å²) in [5, 5.41) is 14.6. The molecule has 0 spiro atoms. The summed E-state index contributed by atoms with van der Waals surface area (Å²) in [4.78, 5) is 10.7. The van der Waals surface area contributed by atoms with E-state index in [1.54, 1.807) is 12.1 Å². The van der Waals surface area contributed by atoms with E-state index < -0.39 is 0 Å². The molecule has 0 radical (unpaired) electrons. The zero-order valence-corrected chi connectivity index (χ0v) is 12.2. The number of nitro groups is 1. The molecule has 4 heteroatoms. The van der Waals surface area contributed by atoms with E-state index in [0.29, 0.717) is 12.0 Å². The van der Waals surface area contributed by atoms with Crippen LogP contribution in [0.5, 0.6) is 0 Å². The summed E-state index contributed by atoms with van der Waals surface area (Å²) >= 11 is 0. The van der Waals surface area contributed by atoms with Crippen LogP contribution in [-0.2, 0) is 6.42 Å². The highest BCUT2D eigenvalue weighted by Gasteiger charge is 2.19. The van der Waals surface area contributed by atoms with E-state index in [2.05, 4.69) is 12.2 Å². The number of nitrogens with zero attached hydrogens (tertiary/aromatic N) is 1. The predicted molar refractivity (Wildman–Crippen MR) is 80.8 cm³/mol. The molecule has 0 amide bonds. The molecule has 0 bridgehead atoms. The molecule has 110 valence electrons. The zero-order chi connectivity index (χ0) is 14.4. The Balaban J connectivity index is 1.87. The molecule has 2 atom stereocenters. The quantitative estimate of drug-likeness (QED) is 0.507. The lowest BCUT2D eigenvalue weighted by Crippen LogP contribution is -2.35. The summed E-state index contributed by atoms with van der Waals surface area (Å²) in [6.07, 6.45) is 7.23. The molecule has 1 aliphatic carbocycles. The van der Waals surface area contributed by atoms with Crippen LogP contribution in [0.2, 0.25) is 0 Å². The monoisotopic (exact) mass is 276 g/mol. The van der Waals surface area contributed by atoms with Crippen LogP contribution in [0.25, 0.3) is 0 Å². The molecule has 2 unspecified atom stereocenters. The first-order valence-electron chi connectivity index (χ1n) is 7.64. The van der Waals surface area contributed by atoms with Crippen LogP contribution >= 0.6 is 0 Å². The molecule has 0 saturated heterocycles. The van der Waals surface area contributed by atoms with Crippen molar-refractivity contribution in [3.63, 3.8) is 0 Å². The SMILES string of the molecule is CC1CCCCCC1NCCc1ccccc1[N+](=O)[O-]. The van der Waals surface area contributed by atoms with E-state index in [9.17, 15) is 10.1 Å². The van der Waals surface area contributed by atoms with Crippen LogP contribution < -0.4 is 5.32 Å². The Hall–Kier alpha value is -1.42. The van der Waals surface area contributed by atoms with E-state index in [0.717, 1.165) is 18.5 Å². The molecular formula is C16H24N2O2. The molecule has 0 aliphatic heterocycles. The van der Waals surface area contributed by atoms with Crippen molar-refractivity contribution in [3.05, 3.63) is 39.9 Å². The third-order valence-corrected chi connectivity index (χ3v) is 4.35. The van der Waals surface area contributed by atoms with Gasteiger partial charge in [0.2, 0.25) is 0 Å². The second-order valence-electron chi connectivity index (χ2n) is 5.81. The maximum Gasteiger partial charge on any atom is 0.272 e. The van der Waals surface area contributed by atoms with Crippen molar-refractivity contribution in [1.82, 2.24) is 5.32 Å². The van der Waals surface area contributed by atoms with E-state index in [1.165, 1.54) is 32.1 Å². The van der Waals surface area contributed by atoms with Crippen molar-refractivity contribution >= 4 is 5.69 Å². The molecule has 0 aromatic heterocycles. The lowest BCUT2D eigenvalue weighted by molar-refractivity contribution is -0.385. The van der Waals surface area contributed by atoms with Gasteiger partial charge in [0.25, 0.3) is 5.69 Å². The van der Waals surface area contributed by atoms with Gasteiger partial charge in [0, 0.05) is 17.7 Å². The molecule has 2 rings (SSSR count). The maximum absolute atomic E-state index is 11.0. The number of rotatable bonds is 5. The van der Waals surface area contributed by atoms with E-state index >= 15 is 0 Å². The zero-order valence-electron chi connectivity index (χ0n) is 12.2. The Morgan fingerprint density at radius 2 is 2.00 bits per heavy atom. The Kier molecular flexibility index (Phi) is 5.53. The van der Waals surface area contributed by atoms with Gasteiger partial charge >= 0.3 is 0 Å². The number of nitro benzene ring substituents is 1. The molecule has 1 aliphatic rings. The normalized spacial score (nSPS) is 23.2. The lowest BCUT2D eigenvalue weighted by Gasteiger charge is -2.22. The number of para-hydroxylation sites is 1. The Morgan fingerprint density at radius 1 is 1.25 bits per heavy atom. The minimum atomic E-state index is -0.288. The van der Waals surface area contributed by atoms with Crippen LogP contribution in [0, 0.1) is 16.0 Å². The number of nitrogens with one attached hydrogen (secondary N) is 1. The Bertz CT molecular complexity index is 448. The highest BCUT2D eigenvalue weighted by Crippen LogP contribution is 2.23. The second kappa shape index (κ2) is 7.39. The smallest absolute Gasteiger partial charge is 0.272 e.